The Bertz CT molecular complexity index is 1540. The van der Waals surface area contributed by atoms with Crippen LogP contribution in [0.3, 0.4) is 0 Å². The molecule has 2 aromatic carbocycles. The molecule has 0 radical (unpaired) electrons. The van der Waals surface area contributed by atoms with Crippen LogP contribution in [-0.2, 0) is 32.5 Å². The monoisotopic (exact) mass is 606 g/mol. The number of halogens is 6. The fraction of sp³-hybridized carbons (Fsp3) is 0.448. The number of nitrogen functional groups attached to an aromatic ring is 1. The SMILES string of the molecule is CCN(CC1CCCC1)c1nc2cc(N)ccc2cc1CN(Cc1cc(C(F)(F)F)cc(C(F)(F)F)c1)c1nnn(C)n1. The predicted octanol–water partition coefficient (Wildman–Crippen LogP) is 6.60. The second-order valence-corrected chi connectivity index (χ2v) is 11.0. The highest BCUT2D eigenvalue weighted by Crippen LogP contribution is 2.37. The van der Waals surface area contributed by atoms with Gasteiger partial charge in [-0.25, -0.2) is 4.98 Å². The van der Waals surface area contributed by atoms with Gasteiger partial charge in [-0.05, 0) is 72.9 Å². The Morgan fingerprint density at radius 3 is 2.16 bits per heavy atom. The Kier molecular flexibility index (Phi) is 8.39. The topological polar surface area (TPSA) is 89.0 Å². The first-order valence-electron chi connectivity index (χ1n) is 14.0. The van der Waals surface area contributed by atoms with E-state index in [9.17, 15) is 26.3 Å². The number of nitrogens with two attached hydrogens (primary N) is 1. The van der Waals surface area contributed by atoms with Crippen molar-refractivity contribution in [2.75, 3.05) is 28.6 Å². The standard InChI is InChI=1S/C29H32F6N8/c1-3-42(15-18-6-4-5-7-18)26-21(12-20-8-9-24(36)14-25(20)37-26)17-43(27-38-40-41(2)39-27)16-19-10-22(28(30,31)32)13-23(11-19)29(33,34)35/h8-14,18H,3-7,15-17,36H2,1-2H3. The zero-order chi connectivity index (χ0) is 30.9. The highest BCUT2D eigenvalue weighted by atomic mass is 19.4. The lowest BCUT2D eigenvalue weighted by atomic mass is 10.0. The van der Waals surface area contributed by atoms with Crippen LogP contribution in [0.5, 0.6) is 0 Å². The van der Waals surface area contributed by atoms with Gasteiger partial charge in [-0.2, -0.15) is 31.1 Å². The molecule has 0 spiro atoms. The number of tetrazole rings is 1. The average Bonchev–Trinajstić information content (AvgIpc) is 3.62. The molecule has 4 aromatic rings. The van der Waals surface area contributed by atoms with Crippen molar-refractivity contribution in [2.24, 2.45) is 13.0 Å². The van der Waals surface area contributed by atoms with Crippen LogP contribution >= 0.6 is 0 Å². The quantitative estimate of drug-likeness (QED) is 0.170. The van der Waals surface area contributed by atoms with Crippen LogP contribution in [0.1, 0.15) is 54.9 Å². The van der Waals surface area contributed by atoms with E-state index in [0.717, 1.165) is 36.9 Å². The average molecular weight is 607 g/mol. The van der Waals surface area contributed by atoms with Crippen molar-refractivity contribution in [3.05, 3.63) is 64.7 Å². The molecule has 2 N–H and O–H groups in total. The maximum absolute atomic E-state index is 13.6. The number of aromatic nitrogens is 5. The summed E-state index contributed by atoms with van der Waals surface area (Å²) < 4.78 is 81.8. The molecule has 2 heterocycles. The van der Waals surface area contributed by atoms with Crippen molar-refractivity contribution in [1.29, 1.82) is 0 Å². The fourth-order valence-electron chi connectivity index (χ4n) is 5.61. The molecule has 2 aromatic heterocycles. The molecule has 5 rings (SSSR count). The molecule has 0 atom stereocenters. The lowest BCUT2D eigenvalue weighted by molar-refractivity contribution is -0.143. The van der Waals surface area contributed by atoms with E-state index in [0.29, 0.717) is 35.0 Å². The summed E-state index contributed by atoms with van der Waals surface area (Å²) in [6.07, 6.45) is -5.38. The van der Waals surface area contributed by atoms with Gasteiger partial charge in [0.25, 0.3) is 5.95 Å². The number of anilines is 3. The molecule has 8 nitrogen and oxygen atoms in total. The molecule has 1 aliphatic rings. The van der Waals surface area contributed by atoms with E-state index >= 15 is 0 Å². The summed E-state index contributed by atoms with van der Waals surface area (Å²) in [7, 11) is 1.52. The highest BCUT2D eigenvalue weighted by Gasteiger charge is 2.37. The van der Waals surface area contributed by atoms with E-state index in [2.05, 4.69) is 20.3 Å². The van der Waals surface area contributed by atoms with E-state index in [1.54, 1.807) is 12.1 Å². The summed E-state index contributed by atoms with van der Waals surface area (Å²) in [6.45, 7) is 3.15. The Labute approximate surface area is 244 Å². The largest absolute Gasteiger partial charge is 0.416 e. The number of benzene rings is 2. The second kappa shape index (κ2) is 11.9. The molecule has 43 heavy (non-hydrogen) atoms. The van der Waals surface area contributed by atoms with Gasteiger partial charge in [0.15, 0.2) is 0 Å². The molecule has 1 saturated carbocycles. The number of aryl methyl sites for hydroxylation is 1. The smallest absolute Gasteiger partial charge is 0.399 e. The molecule has 0 unspecified atom stereocenters. The molecule has 14 heteroatoms. The number of alkyl halides is 6. The Morgan fingerprint density at radius 1 is 0.907 bits per heavy atom. The van der Waals surface area contributed by atoms with Crippen LogP contribution in [0.4, 0.5) is 43.8 Å². The summed E-state index contributed by atoms with van der Waals surface area (Å²) in [5.41, 5.74) is 5.01. The first-order chi connectivity index (χ1) is 20.3. The maximum atomic E-state index is 13.6. The molecule has 0 amide bonds. The van der Waals surface area contributed by atoms with Gasteiger partial charge < -0.3 is 15.5 Å². The van der Waals surface area contributed by atoms with Gasteiger partial charge in [0.2, 0.25) is 0 Å². The van der Waals surface area contributed by atoms with Crippen LogP contribution in [0.25, 0.3) is 10.9 Å². The van der Waals surface area contributed by atoms with Crippen LogP contribution < -0.4 is 15.5 Å². The molecule has 0 bridgehead atoms. The van der Waals surface area contributed by atoms with Gasteiger partial charge >= 0.3 is 12.4 Å². The Morgan fingerprint density at radius 2 is 1.58 bits per heavy atom. The lowest BCUT2D eigenvalue weighted by Crippen LogP contribution is -2.32. The molecule has 0 saturated heterocycles. The first kappa shape index (κ1) is 30.4. The molecule has 1 fully saturated rings. The third-order valence-corrected chi connectivity index (χ3v) is 7.70. The van der Waals surface area contributed by atoms with Crippen molar-refractivity contribution in [3.63, 3.8) is 0 Å². The van der Waals surface area contributed by atoms with E-state index in [4.69, 9.17) is 10.7 Å². The number of fused-ring (bicyclic) bond motifs is 1. The maximum Gasteiger partial charge on any atom is 0.416 e. The van der Waals surface area contributed by atoms with Crippen LogP contribution in [0, 0.1) is 5.92 Å². The molecule has 1 aliphatic carbocycles. The molecule has 0 aliphatic heterocycles. The Hall–Kier alpha value is -4.10. The van der Waals surface area contributed by atoms with E-state index in [-0.39, 0.29) is 30.7 Å². The minimum Gasteiger partial charge on any atom is -0.399 e. The van der Waals surface area contributed by atoms with Gasteiger partial charge in [-0.1, -0.05) is 24.0 Å². The van der Waals surface area contributed by atoms with Gasteiger partial charge in [0.05, 0.1) is 23.7 Å². The van der Waals surface area contributed by atoms with Crippen molar-refractivity contribution < 1.29 is 26.3 Å². The van der Waals surface area contributed by atoms with Gasteiger partial charge in [0, 0.05) is 42.8 Å². The van der Waals surface area contributed by atoms with E-state index < -0.39 is 23.5 Å². The van der Waals surface area contributed by atoms with E-state index in [1.807, 2.05) is 19.1 Å². The van der Waals surface area contributed by atoms with Crippen molar-refractivity contribution in [1.82, 2.24) is 25.2 Å². The third kappa shape index (κ3) is 7.11. The normalized spacial score (nSPS) is 14.5. The lowest BCUT2D eigenvalue weighted by Gasteiger charge is -2.30. The van der Waals surface area contributed by atoms with Gasteiger partial charge in [-0.3, -0.25) is 0 Å². The summed E-state index contributed by atoms with van der Waals surface area (Å²) in [5.74, 6) is 1.21. The molecular formula is C29H32F6N8. The minimum atomic E-state index is -4.97. The summed E-state index contributed by atoms with van der Waals surface area (Å²) in [4.78, 5) is 9.82. The summed E-state index contributed by atoms with van der Waals surface area (Å²) >= 11 is 0. The fourth-order valence-corrected chi connectivity index (χ4v) is 5.61. The minimum absolute atomic E-state index is 0.0487. The number of rotatable bonds is 9. The van der Waals surface area contributed by atoms with Crippen molar-refractivity contribution in [2.45, 2.75) is 58.0 Å². The summed E-state index contributed by atoms with van der Waals surface area (Å²) in [6, 6.07) is 8.82. The van der Waals surface area contributed by atoms with Crippen molar-refractivity contribution >= 4 is 28.4 Å². The van der Waals surface area contributed by atoms with Crippen LogP contribution in [0.2, 0.25) is 0 Å². The predicted molar refractivity (Wildman–Crippen MR) is 151 cm³/mol. The number of nitrogens with zero attached hydrogens (tertiary/aromatic N) is 7. The van der Waals surface area contributed by atoms with Crippen molar-refractivity contribution in [3.8, 4) is 0 Å². The number of hydrogen-bond donors (Lipinski definition) is 1. The molecular weight excluding hydrogens is 574 g/mol. The van der Waals surface area contributed by atoms with E-state index in [1.165, 1.54) is 29.6 Å². The number of pyridine rings is 1. The third-order valence-electron chi connectivity index (χ3n) is 7.70. The zero-order valence-corrected chi connectivity index (χ0v) is 23.8. The highest BCUT2D eigenvalue weighted by molar-refractivity contribution is 5.84. The Balaban J connectivity index is 1.59. The second-order valence-electron chi connectivity index (χ2n) is 11.0. The number of hydrogen-bond acceptors (Lipinski definition) is 7. The zero-order valence-electron chi connectivity index (χ0n) is 23.8. The molecule has 230 valence electrons. The first-order valence-corrected chi connectivity index (χ1v) is 14.0. The summed E-state index contributed by atoms with van der Waals surface area (Å²) in [5, 5.41) is 12.9. The van der Waals surface area contributed by atoms with Crippen LogP contribution in [-0.4, -0.2) is 38.3 Å². The van der Waals surface area contributed by atoms with Crippen LogP contribution in [0.15, 0.2) is 42.5 Å². The van der Waals surface area contributed by atoms with Gasteiger partial charge in [-0.15, -0.1) is 5.10 Å². The van der Waals surface area contributed by atoms with Gasteiger partial charge in [0.1, 0.15) is 5.82 Å².